The second kappa shape index (κ2) is 18.7. The summed E-state index contributed by atoms with van der Waals surface area (Å²) in [5.41, 5.74) is 0. The fourth-order valence-electron chi connectivity index (χ4n) is 17.2. The molecule has 0 aromatic rings. The van der Waals surface area contributed by atoms with Gasteiger partial charge in [0.05, 0.1) is 47.3 Å². The molecule has 4 saturated heterocycles. The SMILES string of the molecule is CC1CCC(N2C(=O)C3CCC(C(=O)C4CCC5C(=O)N(C6CCC(CC7CCC(N8C(=O)C9CCC(C(=O)C%10CCC%11C(=O)N(C)C(=O)C%11C%10)CC9C8=O)CC7)CC6)C(=O)C5C4)CC3C2=O)CC1C. The molecule has 380 valence electrons. The van der Waals surface area contributed by atoms with Gasteiger partial charge in [0.1, 0.15) is 11.6 Å². The molecule has 11 fully saturated rings. The van der Waals surface area contributed by atoms with Crippen molar-refractivity contribution in [3.63, 3.8) is 0 Å². The number of amides is 8. The third kappa shape index (κ3) is 8.08. The van der Waals surface area contributed by atoms with Gasteiger partial charge in [-0.2, -0.15) is 0 Å². The Balaban J connectivity index is 0.624. The van der Waals surface area contributed by atoms with E-state index < -0.39 is 23.7 Å². The summed E-state index contributed by atoms with van der Waals surface area (Å²) in [7, 11) is 1.52. The number of ketones is 2. The Labute approximate surface area is 412 Å². The van der Waals surface area contributed by atoms with Crippen LogP contribution in [0.4, 0.5) is 0 Å². The quantitative estimate of drug-likeness (QED) is 0.226. The zero-order chi connectivity index (χ0) is 49.0. The van der Waals surface area contributed by atoms with Gasteiger partial charge in [0.15, 0.2) is 0 Å². The largest absolute Gasteiger partial charge is 0.299 e. The van der Waals surface area contributed by atoms with Crippen LogP contribution in [-0.4, -0.2) is 104 Å². The number of hydrogen-bond acceptors (Lipinski definition) is 10. The highest BCUT2D eigenvalue weighted by Crippen LogP contribution is 2.51. The van der Waals surface area contributed by atoms with E-state index in [4.69, 9.17) is 0 Å². The predicted molar refractivity (Wildman–Crippen MR) is 253 cm³/mol. The van der Waals surface area contributed by atoms with Crippen LogP contribution < -0.4 is 0 Å². The number of Topliss-reactive ketones (excluding diaryl/α,β-unsaturated/α-hetero) is 2. The molecule has 14 nitrogen and oxygen atoms in total. The molecule has 4 heterocycles. The molecule has 15 atom stereocenters. The lowest BCUT2D eigenvalue weighted by Crippen LogP contribution is -2.44. The lowest BCUT2D eigenvalue weighted by Gasteiger charge is -2.38. The van der Waals surface area contributed by atoms with Crippen molar-refractivity contribution in [1.82, 2.24) is 19.6 Å². The Morgan fingerprint density at radius 2 is 0.643 bits per heavy atom. The zero-order valence-corrected chi connectivity index (χ0v) is 41.8. The molecule has 0 spiro atoms. The number of imide groups is 4. The maximum absolute atomic E-state index is 14.2. The van der Waals surface area contributed by atoms with E-state index in [9.17, 15) is 47.9 Å². The molecule has 0 aromatic heterocycles. The average molecular weight is 965 g/mol. The van der Waals surface area contributed by atoms with E-state index in [0.717, 1.165) is 77.0 Å². The van der Waals surface area contributed by atoms with E-state index in [-0.39, 0.29) is 124 Å². The zero-order valence-electron chi connectivity index (χ0n) is 41.8. The van der Waals surface area contributed by atoms with Gasteiger partial charge in [-0.1, -0.05) is 13.8 Å². The average Bonchev–Trinajstić information content (AvgIpc) is 3.96. The van der Waals surface area contributed by atoms with E-state index in [2.05, 4.69) is 13.8 Å². The summed E-state index contributed by atoms with van der Waals surface area (Å²) >= 11 is 0. The van der Waals surface area contributed by atoms with Crippen molar-refractivity contribution in [2.75, 3.05) is 7.05 Å². The number of fused-ring (bicyclic) bond motifs is 4. The fourth-order valence-corrected chi connectivity index (χ4v) is 17.2. The first-order valence-corrected chi connectivity index (χ1v) is 28.1. The molecule has 15 unspecified atom stereocenters. The second-order valence-corrected chi connectivity index (χ2v) is 25.1. The molecule has 0 aromatic carbocycles. The van der Waals surface area contributed by atoms with Crippen LogP contribution in [0.1, 0.15) is 168 Å². The van der Waals surface area contributed by atoms with Gasteiger partial charge in [-0.3, -0.25) is 67.5 Å². The molecule has 0 bridgehead atoms. The molecule has 8 amide bonds. The number of rotatable bonds is 9. The lowest BCUT2D eigenvalue weighted by molar-refractivity contribution is -0.145. The van der Waals surface area contributed by atoms with Crippen LogP contribution in [0, 0.1) is 94.7 Å². The van der Waals surface area contributed by atoms with Crippen LogP contribution in [0.2, 0.25) is 0 Å². The van der Waals surface area contributed by atoms with E-state index in [1.807, 2.05) is 0 Å². The van der Waals surface area contributed by atoms with Crippen LogP contribution in [0.3, 0.4) is 0 Å². The number of hydrogen-bond donors (Lipinski definition) is 0. The molecule has 11 rings (SSSR count). The summed E-state index contributed by atoms with van der Waals surface area (Å²) in [6.45, 7) is 4.45. The molecule has 70 heavy (non-hydrogen) atoms. The summed E-state index contributed by atoms with van der Waals surface area (Å²) in [4.78, 5) is 142. The Morgan fingerprint density at radius 3 is 1.01 bits per heavy atom. The highest BCUT2D eigenvalue weighted by molar-refractivity contribution is 6.08. The number of likely N-dealkylation sites (tertiary alicyclic amines) is 4. The first-order chi connectivity index (χ1) is 33.6. The summed E-state index contributed by atoms with van der Waals surface area (Å²) in [5.74, 6) is -2.87. The van der Waals surface area contributed by atoms with Crippen LogP contribution >= 0.6 is 0 Å². The second-order valence-electron chi connectivity index (χ2n) is 25.1. The molecule has 0 radical (unpaired) electrons. The van der Waals surface area contributed by atoms with Gasteiger partial charge >= 0.3 is 0 Å². The minimum Gasteiger partial charge on any atom is -0.299 e. The molecule has 11 aliphatic rings. The third-order valence-corrected chi connectivity index (χ3v) is 21.6. The van der Waals surface area contributed by atoms with Gasteiger partial charge in [0, 0.05) is 48.8 Å². The van der Waals surface area contributed by atoms with Crippen molar-refractivity contribution in [2.45, 2.75) is 186 Å². The van der Waals surface area contributed by atoms with Gasteiger partial charge in [-0.05, 0) is 178 Å². The molecule has 7 saturated carbocycles. The van der Waals surface area contributed by atoms with E-state index >= 15 is 0 Å². The first-order valence-electron chi connectivity index (χ1n) is 28.1. The maximum atomic E-state index is 14.2. The van der Waals surface area contributed by atoms with Crippen molar-refractivity contribution < 1.29 is 47.9 Å². The van der Waals surface area contributed by atoms with Crippen LogP contribution in [-0.2, 0) is 47.9 Å². The Kier molecular flexibility index (Phi) is 12.9. The van der Waals surface area contributed by atoms with Gasteiger partial charge in [0.2, 0.25) is 47.3 Å². The first kappa shape index (κ1) is 48.2. The van der Waals surface area contributed by atoms with Gasteiger partial charge < -0.3 is 0 Å². The smallest absolute Gasteiger partial charge is 0.233 e. The summed E-state index contributed by atoms with van der Waals surface area (Å²) in [6, 6.07) is -0.265. The maximum Gasteiger partial charge on any atom is 0.233 e. The topological polar surface area (TPSA) is 184 Å². The van der Waals surface area contributed by atoms with Crippen molar-refractivity contribution in [3.8, 4) is 0 Å². The number of carbonyl (C=O) groups is 10. The molecule has 0 N–H and O–H groups in total. The third-order valence-electron chi connectivity index (χ3n) is 21.6. The molecule has 4 aliphatic heterocycles. The van der Waals surface area contributed by atoms with Crippen LogP contribution in [0.25, 0.3) is 0 Å². The van der Waals surface area contributed by atoms with E-state index in [1.54, 1.807) is 14.7 Å². The van der Waals surface area contributed by atoms with Crippen molar-refractivity contribution in [2.24, 2.45) is 94.7 Å². The Hall–Kier alpha value is -4.10. The minimum absolute atomic E-state index is 0.0335. The molecule has 7 aliphatic carbocycles. The van der Waals surface area contributed by atoms with Crippen molar-refractivity contribution in [1.29, 1.82) is 0 Å². The van der Waals surface area contributed by atoms with Gasteiger partial charge in [0.25, 0.3) is 0 Å². The molecular weight excluding hydrogens is 889 g/mol. The molecule has 14 heteroatoms. The summed E-state index contributed by atoms with van der Waals surface area (Å²) < 4.78 is 0. The highest BCUT2D eigenvalue weighted by Gasteiger charge is 2.58. The van der Waals surface area contributed by atoms with Crippen LogP contribution in [0.5, 0.6) is 0 Å². The van der Waals surface area contributed by atoms with Crippen molar-refractivity contribution >= 4 is 58.8 Å². The number of carbonyl (C=O) groups excluding carboxylic acids is 10. The minimum atomic E-state index is -0.464. The highest BCUT2D eigenvalue weighted by atomic mass is 16.2. The lowest BCUT2D eigenvalue weighted by atomic mass is 9.67. The number of nitrogens with zero attached hydrogens (tertiary/aromatic N) is 4. The Morgan fingerprint density at radius 1 is 0.343 bits per heavy atom. The predicted octanol–water partition coefficient (Wildman–Crippen LogP) is 6.69. The summed E-state index contributed by atoms with van der Waals surface area (Å²) in [5, 5.41) is 0. The van der Waals surface area contributed by atoms with E-state index in [1.165, 1.54) is 11.9 Å². The molecular formula is C56H76N4O10. The van der Waals surface area contributed by atoms with E-state index in [0.29, 0.717) is 101 Å². The van der Waals surface area contributed by atoms with Gasteiger partial charge in [-0.15, -0.1) is 0 Å². The van der Waals surface area contributed by atoms with Gasteiger partial charge in [-0.25, -0.2) is 0 Å². The normalized spacial score (nSPS) is 44.5. The van der Waals surface area contributed by atoms with Crippen molar-refractivity contribution in [3.05, 3.63) is 0 Å². The van der Waals surface area contributed by atoms with Crippen LogP contribution in [0.15, 0.2) is 0 Å². The fraction of sp³-hybridized carbons (Fsp3) is 0.821. The summed E-state index contributed by atoms with van der Waals surface area (Å²) in [6.07, 6.45) is 16.8. The standard InChI is InChI=1S/C56H76N4O10/c1-28-4-13-38(22-29(28)2)60-53(67)42-21-12-35(27-46(42)56(60)70)48(62)34-11-20-41-45(26-34)55(69)59(52(41)66)37-16-7-31(8-17-37)23-30-5-14-36(15-6-30)58-51(65)40-19-10-33(25-44(40)54(58)68)47(61)32-9-18-39-43(24-32)50(64)57(3)49(39)63/h28-46H,4-27H2,1-3H3. The Bertz CT molecular complexity index is 2230. The monoisotopic (exact) mass is 965 g/mol.